The monoisotopic (exact) mass is 394 g/mol. The fourth-order valence-corrected chi connectivity index (χ4v) is 4.17. The van der Waals surface area contributed by atoms with Gasteiger partial charge in [0, 0.05) is 11.1 Å². The average Bonchev–Trinajstić information content (AvgIpc) is 2.61. The van der Waals surface area contributed by atoms with Crippen molar-refractivity contribution in [2.45, 2.75) is 37.6 Å². The van der Waals surface area contributed by atoms with Crippen LogP contribution in [0.5, 0.6) is 0 Å². The van der Waals surface area contributed by atoms with E-state index in [2.05, 4.69) is 5.32 Å². The van der Waals surface area contributed by atoms with Crippen molar-refractivity contribution in [1.29, 1.82) is 0 Å². The summed E-state index contributed by atoms with van der Waals surface area (Å²) in [7, 11) is -3.88. The Labute approximate surface area is 160 Å². The molecule has 0 spiro atoms. The maximum absolute atomic E-state index is 13.1. The van der Waals surface area contributed by atoms with Crippen molar-refractivity contribution >= 4 is 33.2 Å². The van der Waals surface area contributed by atoms with Crippen molar-refractivity contribution in [3.05, 3.63) is 59.6 Å². The topological polar surface area (TPSA) is 66.5 Å². The number of rotatable bonds is 8. The smallest absolute Gasteiger partial charge is 0.264 e. The Balaban J connectivity index is 2.34. The summed E-state index contributed by atoms with van der Waals surface area (Å²) in [5.74, 6) is -0.347. The van der Waals surface area contributed by atoms with Gasteiger partial charge in [-0.15, -0.1) is 0 Å². The number of sulfonamides is 1. The lowest BCUT2D eigenvalue weighted by Gasteiger charge is -2.25. The predicted molar refractivity (Wildman–Crippen MR) is 105 cm³/mol. The lowest BCUT2D eigenvalue weighted by atomic mass is 10.2. The largest absolute Gasteiger partial charge is 0.352 e. The van der Waals surface area contributed by atoms with Crippen LogP contribution in [-0.4, -0.2) is 26.9 Å². The molecule has 7 heteroatoms. The number of halogens is 1. The second-order valence-corrected chi connectivity index (χ2v) is 8.36. The van der Waals surface area contributed by atoms with E-state index in [-0.39, 0.29) is 23.4 Å². The van der Waals surface area contributed by atoms with Gasteiger partial charge >= 0.3 is 0 Å². The first kappa shape index (κ1) is 20.3. The zero-order valence-corrected chi connectivity index (χ0v) is 16.4. The third-order valence-corrected chi connectivity index (χ3v) is 5.90. The van der Waals surface area contributed by atoms with Gasteiger partial charge in [0.05, 0.1) is 10.6 Å². The summed E-state index contributed by atoms with van der Waals surface area (Å²) < 4.78 is 27.3. The summed E-state index contributed by atoms with van der Waals surface area (Å²) >= 11 is 5.91. The van der Waals surface area contributed by atoms with Gasteiger partial charge in [-0.1, -0.05) is 43.1 Å². The lowest BCUT2D eigenvalue weighted by Crippen LogP contribution is -2.43. The molecule has 1 unspecified atom stereocenters. The summed E-state index contributed by atoms with van der Waals surface area (Å²) in [6.07, 6.45) is 1.77. The third-order valence-electron chi connectivity index (χ3n) is 3.86. The number of benzene rings is 2. The number of carbonyl (C=O) groups excluding carboxylic acids is 1. The Hall–Kier alpha value is -2.05. The van der Waals surface area contributed by atoms with E-state index in [9.17, 15) is 13.2 Å². The summed E-state index contributed by atoms with van der Waals surface area (Å²) in [5.41, 5.74) is 0.386. The normalized spacial score (nSPS) is 12.4. The molecule has 1 atom stereocenters. The minimum absolute atomic E-state index is 0.0148. The molecule has 2 rings (SSSR count). The Bertz CT molecular complexity index is 824. The first-order valence-electron chi connectivity index (χ1n) is 8.47. The highest BCUT2D eigenvalue weighted by atomic mass is 35.5. The number of carbonyl (C=O) groups is 1. The van der Waals surface area contributed by atoms with E-state index >= 15 is 0 Å². The van der Waals surface area contributed by atoms with Crippen molar-refractivity contribution in [2.24, 2.45) is 0 Å². The van der Waals surface area contributed by atoms with Crippen LogP contribution in [0.3, 0.4) is 0 Å². The standard InChI is InChI=1S/C19H23ClN2O3S/c1-3-7-15(2)21-19(23)14-22(17-12-10-16(20)11-13-17)26(24,25)18-8-5-4-6-9-18/h4-6,8-13,15H,3,7,14H2,1-2H3,(H,21,23). The molecule has 0 aromatic heterocycles. The number of anilines is 1. The molecule has 0 radical (unpaired) electrons. The highest BCUT2D eigenvalue weighted by Gasteiger charge is 2.27. The molecule has 0 aliphatic heterocycles. The van der Waals surface area contributed by atoms with Crippen molar-refractivity contribution in [1.82, 2.24) is 5.32 Å². The molecule has 140 valence electrons. The van der Waals surface area contributed by atoms with Crippen LogP contribution >= 0.6 is 11.6 Å². The van der Waals surface area contributed by atoms with Gasteiger partial charge in [0.1, 0.15) is 6.54 Å². The van der Waals surface area contributed by atoms with Crippen LogP contribution in [0.25, 0.3) is 0 Å². The molecule has 0 bridgehead atoms. The van der Waals surface area contributed by atoms with Crippen molar-refractivity contribution in [3.63, 3.8) is 0 Å². The molecule has 0 aliphatic rings. The van der Waals surface area contributed by atoms with Crippen LogP contribution < -0.4 is 9.62 Å². The molecular formula is C19H23ClN2O3S. The fraction of sp³-hybridized carbons (Fsp3) is 0.316. The van der Waals surface area contributed by atoms with Crippen LogP contribution in [0, 0.1) is 0 Å². The molecule has 1 amide bonds. The van der Waals surface area contributed by atoms with E-state index in [0.29, 0.717) is 10.7 Å². The van der Waals surface area contributed by atoms with Gasteiger partial charge in [0.15, 0.2) is 0 Å². The van der Waals surface area contributed by atoms with E-state index < -0.39 is 10.0 Å². The van der Waals surface area contributed by atoms with Crippen LogP contribution in [-0.2, 0) is 14.8 Å². The third kappa shape index (κ3) is 5.22. The first-order chi connectivity index (χ1) is 12.3. The number of nitrogens with one attached hydrogen (secondary N) is 1. The van der Waals surface area contributed by atoms with E-state index in [1.807, 2.05) is 13.8 Å². The van der Waals surface area contributed by atoms with E-state index in [1.165, 1.54) is 12.1 Å². The molecule has 26 heavy (non-hydrogen) atoms. The molecule has 0 fully saturated rings. The number of nitrogens with zero attached hydrogens (tertiary/aromatic N) is 1. The van der Waals surface area contributed by atoms with Gasteiger partial charge < -0.3 is 5.32 Å². The van der Waals surface area contributed by atoms with Crippen LogP contribution in [0.2, 0.25) is 5.02 Å². The summed E-state index contributed by atoms with van der Waals surface area (Å²) in [6.45, 7) is 3.63. The van der Waals surface area contributed by atoms with Gasteiger partial charge in [-0.05, 0) is 49.7 Å². The summed E-state index contributed by atoms with van der Waals surface area (Å²) in [4.78, 5) is 12.5. The van der Waals surface area contributed by atoms with Crippen molar-refractivity contribution < 1.29 is 13.2 Å². The molecular weight excluding hydrogens is 372 g/mol. The zero-order chi connectivity index (χ0) is 19.2. The maximum atomic E-state index is 13.1. The molecule has 5 nitrogen and oxygen atoms in total. The minimum atomic E-state index is -3.88. The van der Waals surface area contributed by atoms with E-state index in [4.69, 9.17) is 11.6 Å². The van der Waals surface area contributed by atoms with Gasteiger partial charge in [-0.25, -0.2) is 8.42 Å². The van der Waals surface area contributed by atoms with Crippen molar-refractivity contribution in [3.8, 4) is 0 Å². The number of hydrogen-bond donors (Lipinski definition) is 1. The van der Waals surface area contributed by atoms with Crippen molar-refractivity contribution in [2.75, 3.05) is 10.8 Å². The van der Waals surface area contributed by atoms with Gasteiger partial charge in [0.2, 0.25) is 5.91 Å². The van der Waals surface area contributed by atoms with Gasteiger partial charge in [0.25, 0.3) is 10.0 Å². The predicted octanol–water partition coefficient (Wildman–Crippen LogP) is 3.84. The SMILES string of the molecule is CCCC(C)NC(=O)CN(c1ccc(Cl)cc1)S(=O)(=O)c1ccccc1. The molecule has 0 saturated heterocycles. The molecule has 0 aliphatic carbocycles. The molecule has 0 heterocycles. The Morgan fingerprint density at radius 1 is 1.12 bits per heavy atom. The van der Waals surface area contributed by atoms with Crippen LogP contribution in [0.15, 0.2) is 59.5 Å². The Kier molecular flexibility index (Phi) is 7.06. The molecule has 2 aromatic carbocycles. The Morgan fingerprint density at radius 3 is 2.31 bits per heavy atom. The average molecular weight is 395 g/mol. The first-order valence-corrected chi connectivity index (χ1v) is 10.3. The molecule has 2 aromatic rings. The van der Waals surface area contributed by atoms with Crippen LogP contribution in [0.1, 0.15) is 26.7 Å². The fourth-order valence-electron chi connectivity index (χ4n) is 2.60. The Morgan fingerprint density at radius 2 is 1.73 bits per heavy atom. The zero-order valence-electron chi connectivity index (χ0n) is 14.9. The summed E-state index contributed by atoms with van der Waals surface area (Å²) in [6, 6.07) is 14.4. The highest BCUT2D eigenvalue weighted by Crippen LogP contribution is 2.25. The van der Waals surface area contributed by atoms with Gasteiger partial charge in [-0.2, -0.15) is 0 Å². The highest BCUT2D eigenvalue weighted by molar-refractivity contribution is 7.92. The quantitative estimate of drug-likeness (QED) is 0.739. The molecule has 1 N–H and O–H groups in total. The minimum Gasteiger partial charge on any atom is -0.352 e. The van der Waals surface area contributed by atoms with Crippen LogP contribution in [0.4, 0.5) is 5.69 Å². The summed E-state index contributed by atoms with van der Waals surface area (Å²) in [5, 5.41) is 3.34. The maximum Gasteiger partial charge on any atom is 0.264 e. The number of amides is 1. The van der Waals surface area contributed by atoms with Gasteiger partial charge in [-0.3, -0.25) is 9.10 Å². The van der Waals surface area contributed by atoms with E-state index in [0.717, 1.165) is 17.1 Å². The lowest BCUT2D eigenvalue weighted by molar-refractivity contribution is -0.120. The molecule has 0 saturated carbocycles. The second-order valence-electron chi connectivity index (χ2n) is 6.06. The second kappa shape index (κ2) is 9.05. The van der Waals surface area contributed by atoms with E-state index in [1.54, 1.807) is 42.5 Å². The number of hydrogen-bond acceptors (Lipinski definition) is 3.